The molecule has 1 aromatic carbocycles. The van der Waals surface area contributed by atoms with Gasteiger partial charge in [-0.1, -0.05) is 36.4 Å². The van der Waals surface area contributed by atoms with Gasteiger partial charge in [-0.3, -0.25) is 4.98 Å². The lowest BCUT2D eigenvalue weighted by atomic mass is 10.0. The number of nitrogens with zero attached hydrogens (tertiary/aromatic N) is 6. The van der Waals surface area contributed by atoms with Crippen molar-refractivity contribution >= 4 is 27.4 Å². The molecule has 0 spiro atoms. The van der Waals surface area contributed by atoms with Crippen molar-refractivity contribution in [2.24, 2.45) is 0 Å². The van der Waals surface area contributed by atoms with Gasteiger partial charge in [-0.25, -0.2) is 9.97 Å². The Morgan fingerprint density at radius 2 is 1.87 bits per heavy atom. The summed E-state index contributed by atoms with van der Waals surface area (Å²) in [4.78, 5) is 16.3. The van der Waals surface area contributed by atoms with Crippen molar-refractivity contribution in [1.29, 1.82) is 0 Å². The summed E-state index contributed by atoms with van der Waals surface area (Å²) in [6, 6.07) is 16.1. The van der Waals surface area contributed by atoms with Crippen molar-refractivity contribution in [2.75, 3.05) is 5.32 Å². The summed E-state index contributed by atoms with van der Waals surface area (Å²) < 4.78 is 2.02. The van der Waals surface area contributed by atoms with Crippen molar-refractivity contribution in [1.82, 2.24) is 29.7 Å². The molecule has 0 saturated carbocycles. The van der Waals surface area contributed by atoms with E-state index in [-0.39, 0.29) is 0 Å². The third-order valence-corrected chi connectivity index (χ3v) is 6.13. The van der Waals surface area contributed by atoms with Crippen LogP contribution in [0.25, 0.3) is 32.9 Å². The number of nitrogens with one attached hydrogen (secondary N) is 1. The average molecular weight is 428 g/mol. The highest BCUT2D eigenvalue weighted by atomic mass is 32.1. The van der Waals surface area contributed by atoms with E-state index in [1.54, 1.807) is 23.9 Å². The lowest BCUT2D eigenvalue weighted by Gasteiger charge is -2.11. The lowest BCUT2D eigenvalue weighted by Crippen LogP contribution is -2.09. The Balaban J connectivity index is 1.67. The number of aryl methyl sites for hydroxylation is 2. The van der Waals surface area contributed by atoms with E-state index in [9.17, 15) is 0 Å². The van der Waals surface area contributed by atoms with Gasteiger partial charge in [0.25, 0.3) is 0 Å². The second kappa shape index (κ2) is 8.23. The van der Waals surface area contributed by atoms with Gasteiger partial charge in [0, 0.05) is 23.2 Å². The van der Waals surface area contributed by atoms with Crippen LogP contribution in [-0.4, -0.2) is 29.7 Å². The van der Waals surface area contributed by atoms with E-state index in [1.807, 2.05) is 28.8 Å². The van der Waals surface area contributed by atoms with Gasteiger partial charge < -0.3 is 9.88 Å². The maximum absolute atomic E-state index is 4.89. The molecule has 0 aliphatic carbocycles. The Morgan fingerprint density at radius 1 is 1.03 bits per heavy atom. The number of benzene rings is 1. The number of thiophene rings is 1. The first-order valence-corrected chi connectivity index (χ1v) is 10.9. The molecule has 31 heavy (non-hydrogen) atoms. The van der Waals surface area contributed by atoms with Gasteiger partial charge in [0.05, 0.1) is 11.9 Å². The fourth-order valence-electron chi connectivity index (χ4n) is 3.64. The molecule has 154 valence electrons. The van der Waals surface area contributed by atoms with Gasteiger partial charge in [0.15, 0.2) is 11.6 Å². The Morgan fingerprint density at radius 3 is 2.65 bits per heavy atom. The second-order valence-electron chi connectivity index (χ2n) is 7.08. The molecule has 4 aromatic heterocycles. The highest BCUT2D eigenvalue weighted by molar-refractivity contribution is 7.19. The van der Waals surface area contributed by atoms with Crippen LogP contribution in [0.3, 0.4) is 0 Å². The summed E-state index contributed by atoms with van der Waals surface area (Å²) >= 11 is 1.68. The van der Waals surface area contributed by atoms with Crippen LogP contribution >= 0.6 is 11.3 Å². The Labute approximate surface area is 183 Å². The molecule has 7 nitrogen and oxygen atoms in total. The van der Waals surface area contributed by atoms with Crippen LogP contribution in [0.2, 0.25) is 0 Å². The van der Waals surface area contributed by atoms with Gasteiger partial charge in [0.2, 0.25) is 0 Å². The molecule has 5 aromatic rings. The summed E-state index contributed by atoms with van der Waals surface area (Å²) in [5.74, 6) is 2.25. The largest absolute Gasteiger partial charge is 0.362 e. The Bertz CT molecular complexity index is 1330. The first kappa shape index (κ1) is 19.3. The molecule has 0 bridgehead atoms. The maximum Gasteiger partial charge on any atom is 0.181 e. The van der Waals surface area contributed by atoms with Crippen LogP contribution in [0.15, 0.2) is 61.1 Å². The van der Waals surface area contributed by atoms with Crippen LogP contribution < -0.4 is 5.32 Å². The molecule has 0 amide bonds. The number of aromatic nitrogens is 6. The molecular formula is C23H21N7S. The van der Waals surface area contributed by atoms with Gasteiger partial charge in [0.1, 0.15) is 22.7 Å². The quantitative estimate of drug-likeness (QED) is 0.413. The van der Waals surface area contributed by atoms with E-state index in [1.165, 1.54) is 4.88 Å². The number of rotatable bonds is 6. The average Bonchev–Trinajstić information content (AvgIpc) is 3.41. The normalized spacial score (nSPS) is 11.2. The van der Waals surface area contributed by atoms with Crippen molar-refractivity contribution in [3.8, 4) is 22.6 Å². The summed E-state index contributed by atoms with van der Waals surface area (Å²) in [6.45, 7) is 5.54. The summed E-state index contributed by atoms with van der Waals surface area (Å²) in [5.41, 5.74) is 3.06. The molecular weight excluding hydrogens is 406 g/mol. The molecule has 0 saturated heterocycles. The first-order valence-electron chi connectivity index (χ1n) is 10.1. The Hall–Kier alpha value is -3.65. The monoisotopic (exact) mass is 427 g/mol. The fourth-order valence-corrected chi connectivity index (χ4v) is 4.69. The SMILES string of the molecule is CCn1cnnc1CNc1nc(-c2ccccn2)nc2sc(C)c(-c3ccccc3)c12. The van der Waals surface area contributed by atoms with E-state index in [0.29, 0.717) is 12.4 Å². The van der Waals surface area contributed by atoms with E-state index in [2.05, 4.69) is 58.6 Å². The molecule has 1 N–H and O–H groups in total. The molecule has 8 heteroatoms. The third-order valence-electron chi connectivity index (χ3n) is 5.13. The lowest BCUT2D eigenvalue weighted by molar-refractivity contribution is 0.707. The predicted octanol–water partition coefficient (Wildman–Crippen LogP) is 4.95. The molecule has 0 fully saturated rings. The van der Waals surface area contributed by atoms with Crippen LogP contribution in [0.5, 0.6) is 0 Å². The predicted molar refractivity (Wildman–Crippen MR) is 124 cm³/mol. The van der Waals surface area contributed by atoms with E-state index in [4.69, 9.17) is 9.97 Å². The van der Waals surface area contributed by atoms with Crippen molar-refractivity contribution in [2.45, 2.75) is 26.9 Å². The molecule has 0 aliphatic rings. The fraction of sp³-hybridized carbons (Fsp3) is 0.174. The van der Waals surface area contributed by atoms with Crippen LogP contribution in [0.1, 0.15) is 17.6 Å². The van der Waals surface area contributed by atoms with Gasteiger partial charge in [-0.15, -0.1) is 21.5 Å². The van der Waals surface area contributed by atoms with Gasteiger partial charge >= 0.3 is 0 Å². The molecule has 0 radical (unpaired) electrons. The minimum Gasteiger partial charge on any atom is -0.362 e. The number of fused-ring (bicyclic) bond motifs is 1. The topological polar surface area (TPSA) is 81.4 Å². The zero-order valence-electron chi connectivity index (χ0n) is 17.3. The molecule has 4 heterocycles. The highest BCUT2D eigenvalue weighted by Gasteiger charge is 2.19. The maximum atomic E-state index is 4.89. The standard InChI is InChI=1S/C23H21N7S/c1-3-30-14-26-29-18(30)13-25-22-20-19(16-9-5-4-6-10-16)15(2)31-23(20)28-21(27-22)17-11-7-8-12-24-17/h4-12,14H,3,13H2,1-2H3,(H,25,27,28). The minimum absolute atomic E-state index is 0.519. The van der Waals surface area contributed by atoms with Crippen LogP contribution in [-0.2, 0) is 13.1 Å². The first-order chi connectivity index (χ1) is 15.2. The van der Waals surface area contributed by atoms with Crippen LogP contribution in [0.4, 0.5) is 5.82 Å². The van der Waals surface area contributed by atoms with Crippen molar-refractivity contribution < 1.29 is 0 Å². The van der Waals surface area contributed by atoms with Gasteiger partial charge in [-0.05, 0) is 31.5 Å². The van der Waals surface area contributed by atoms with E-state index in [0.717, 1.165) is 45.2 Å². The summed E-state index contributed by atoms with van der Waals surface area (Å²) in [5, 5.41) is 12.8. The minimum atomic E-state index is 0.519. The Kier molecular flexibility index (Phi) is 5.13. The highest BCUT2D eigenvalue weighted by Crippen LogP contribution is 2.41. The van der Waals surface area contributed by atoms with Crippen LogP contribution in [0, 0.1) is 6.92 Å². The second-order valence-corrected chi connectivity index (χ2v) is 8.28. The molecule has 0 atom stereocenters. The zero-order valence-corrected chi connectivity index (χ0v) is 18.1. The van der Waals surface area contributed by atoms with E-state index < -0.39 is 0 Å². The van der Waals surface area contributed by atoms with E-state index >= 15 is 0 Å². The zero-order chi connectivity index (χ0) is 21.2. The number of hydrogen-bond donors (Lipinski definition) is 1. The third kappa shape index (κ3) is 3.66. The van der Waals surface area contributed by atoms with Crippen molar-refractivity contribution in [3.63, 3.8) is 0 Å². The van der Waals surface area contributed by atoms with Gasteiger partial charge in [-0.2, -0.15) is 0 Å². The number of anilines is 1. The summed E-state index contributed by atoms with van der Waals surface area (Å²) in [6.07, 6.45) is 3.50. The van der Waals surface area contributed by atoms with Crippen molar-refractivity contribution in [3.05, 3.63) is 71.8 Å². The number of pyridine rings is 1. The molecule has 0 aliphatic heterocycles. The number of hydrogen-bond acceptors (Lipinski definition) is 7. The smallest absolute Gasteiger partial charge is 0.181 e. The molecule has 0 unspecified atom stereocenters. The summed E-state index contributed by atoms with van der Waals surface area (Å²) in [7, 11) is 0. The molecule has 5 rings (SSSR count).